The number of aromatic nitrogens is 1. The van der Waals surface area contributed by atoms with Crippen LogP contribution in [-0.2, 0) is 12.7 Å². The minimum Gasteiger partial charge on any atom is -0.357 e. The fourth-order valence-electron chi connectivity index (χ4n) is 2.66. The summed E-state index contributed by atoms with van der Waals surface area (Å²) < 4.78 is 37.8. The van der Waals surface area contributed by atoms with Gasteiger partial charge < -0.3 is 15.5 Å². The van der Waals surface area contributed by atoms with Crippen LogP contribution in [0, 0.1) is 0 Å². The van der Waals surface area contributed by atoms with Gasteiger partial charge in [-0.1, -0.05) is 6.92 Å². The van der Waals surface area contributed by atoms with Gasteiger partial charge in [0.05, 0.1) is 6.54 Å². The Kier molecular flexibility index (Phi) is 8.11. The highest BCUT2D eigenvalue weighted by atomic mass is 32.1. The third kappa shape index (κ3) is 6.73. The van der Waals surface area contributed by atoms with Crippen molar-refractivity contribution in [3.05, 3.63) is 16.1 Å². The van der Waals surface area contributed by atoms with Gasteiger partial charge in [0, 0.05) is 51.2 Å². The average molecular weight is 392 g/mol. The van der Waals surface area contributed by atoms with E-state index >= 15 is 0 Å². The number of nitrogens with one attached hydrogen (secondary N) is 2. The maximum absolute atomic E-state index is 12.6. The summed E-state index contributed by atoms with van der Waals surface area (Å²) in [4.78, 5) is 12.8. The van der Waals surface area contributed by atoms with E-state index in [0.717, 1.165) is 62.5 Å². The van der Waals surface area contributed by atoms with Crippen molar-refractivity contribution in [1.82, 2.24) is 25.4 Å². The van der Waals surface area contributed by atoms with Gasteiger partial charge in [-0.2, -0.15) is 13.2 Å². The lowest BCUT2D eigenvalue weighted by Gasteiger charge is -2.34. The second-order valence-electron chi connectivity index (χ2n) is 6.02. The van der Waals surface area contributed by atoms with E-state index < -0.39 is 11.9 Å². The van der Waals surface area contributed by atoms with E-state index in [1.165, 1.54) is 0 Å². The molecule has 148 valence electrons. The van der Waals surface area contributed by atoms with Crippen LogP contribution in [0.2, 0.25) is 0 Å². The second kappa shape index (κ2) is 10.1. The van der Waals surface area contributed by atoms with Crippen LogP contribution in [0.25, 0.3) is 0 Å². The number of hydrogen-bond acceptors (Lipinski definition) is 5. The zero-order valence-electron chi connectivity index (χ0n) is 15.3. The Labute approximate surface area is 156 Å². The van der Waals surface area contributed by atoms with Crippen molar-refractivity contribution in [2.45, 2.75) is 26.6 Å². The molecule has 6 nitrogen and oxygen atoms in total. The quantitative estimate of drug-likeness (QED) is 0.548. The first kappa shape index (κ1) is 20.9. The monoisotopic (exact) mass is 392 g/mol. The zero-order valence-corrected chi connectivity index (χ0v) is 16.1. The smallest absolute Gasteiger partial charge is 0.357 e. The lowest BCUT2D eigenvalue weighted by molar-refractivity contribution is -0.140. The van der Waals surface area contributed by atoms with Crippen LogP contribution in [0.5, 0.6) is 0 Å². The summed E-state index contributed by atoms with van der Waals surface area (Å²) in [6, 6.07) is 0. The van der Waals surface area contributed by atoms with E-state index in [2.05, 4.69) is 37.3 Å². The van der Waals surface area contributed by atoms with E-state index in [1.54, 1.807) is 0 Å². The van der Waals surface area contributed by atoms with Gasteiger partial charge in [-0.15, -0.1) is 11.3 Å². The van der Waals surface area contributed by atoms with Gasteiger partial charge in [0.2, 0.25) is 0 Å². The molecule has 1 aliphatic heterocycles. The average Bonchev–Trinajstić information content (AvgIpc) is 3.10. The number of halogens is 3. The highest BCUT2D eigenvalue weighted by Gasteiger charge is 2.33. The van der Waals surface area contributed by atoms with Gasteiger partial charge in [0.1, 0.15) is 5.01 Å². The van der Waals surface area contributed by atoms with Crippen molar-refractivity contribution >= 4 is 17.3 Å². The molecule has 0 spiro atoms. The summed E-state index contributed by atoms with van der Waals surface area (Å²) in [5, 5.41) is 7.73. The molecule has 0 saturated carbocycles. The van der Waals surface area contributed by atoms with Gasteiger partial charge >= 0.3 is 6.18 Å². The van der Waals surface area contributed by atoms with Crippen LogP contribution in [-0.4, -0.2) is 73.1 Å². The molecule has 1 aromatic rings. The topological polar surface area (TPSA) is 55.8 Å². The molecule has 0 amide bonds. The maximum Gasteiger partial charge on any atom is 0.434 e. The molecule has 0 aliphatic carbocycles. The molecule has 10 heteroatoms. The number of guanidine groups is 1. The molecule has 0 radical (unpaired) electrons. The van der Waals surface area contributed by atoms with Crippen molar-refractivity contribution < 1.29 is 13.2 Å². The first-order valence-electron chi connectivity index (χ1n) is 8.90. The van der Waals surface area contributed by atoms with Crippen LogP contribution in [0.4, 0.5) is 13.2 Å². The highest BCUT2D eigenvalue weighted by molar-refractivity contribution is 7.09. The molecule has 2 heterocycles. The van der Waals surface area contributed by atoms with Crippen LogP contribution in [0.1, 0.15) is 24.5 Å². The van der Waals surface area contributed by atoms with E-state index in [9.17, 15) is 13.2 Å². The van der Waals surface area contributed by atoms with Crippen molar-refractivity contribution in [3.8, 4) is 0 Å². The van der Waals surface area contributed by atoms with Crippen LogP contribution >= 0.6 is 11.3 Å². The Balaban J connectivity index is 1.78. The Morgan fingerprint density at radius 3 is 2.46 bits per heavy atom. The van der Waals surface area contributed by atoms with E-state index in [-0.39, 0.29) is 6.54 Å². The predicted molar refractivity (Wildman–Crippen MR) is 98.5 cm³/mol. The molecular formula is C16H27F3N6S. The third-order valence-corrected chi connectivity index (χ3v) is 5.03. The molecule has 1 fully saturated rings. The fourth-order valence-corrected chi connectivity index (χ4v) is 3.39. The molecular weight excluding hydrogens is 365 g/mol. The fraction of sp³-hybridized carbons (Fsp3) is 0.750. The number of nitrogens with zero attached hydrogens (tertiary/aromatic N) is 4. The summed E-state index contributed by atoms with van der Waals surface area (Å²) in [7, 11) is 0. The molecule has 1 aliphatic rings. The molecule has 1 saturated heterocycles. The third-order valence-electron chi connectivity index (χ3n) is 4.19. The van der Waals surface area contributed by atoms with Crippen LogP contribution in [0.3, 0.4) is 0 Å². The predicted octanol–water partition coefficient (Wildman–Crippen LogP) is 1.85. The number of hydrogen-bond donors (Lipinski definition) is 2. The first-order chi connectivity index (χ1) is 12.4. The molecule has 0 unspecified atom stereocenters. The van der Waals surface area contributed by atoms with Gasteiger partial charge in [-0.05, 0) is 13.5 Å². The Hall–Kier alpha value is -1.39. The van der Waals surface area contributed by atoms with Gasteiger partial charge in [0.25, 0.3) is 0 Å². The van der Waals surface area contributed by atoms with E-state index in [4.69, 9.17) is 0 Å². The highest BCUT2D eigenvalue weighted by Crippen LogP contribution is 2.30. The summed E-state index contributed by atoms with van der Waals surface area (Å²) in [6.45, 7) is 12.0. The number of thiazole rings is 1. The minimum absolute atomic E-state index is 0.130. The molecule has 1 aromatic heterocycles. The standard InChI is InChI=1S/C16H27F3N6S/c1-3-20-15(21-5-6-25-9-7-24(4-2)8-10-25)22-11-14-23-13(12-26-14)16(17,18)19/h12H,3-11H2,1-2H3,(H2,20,21,22). The molecule has 2 N–H and O–H groups in total. The SMILES string of the molecule is CCNC(=NCc1nc(C(F)(F)F)cs1)NCCN1CCN(CC)CC1. The molecule has 0 aromatic carbocycles. The number of likely N-dealkylation sites (N-methyl/N-ethyl adjacent to an activating group) is 1. The van der Waals surface area contributed by atoms with Crippen molar-refractivity contribution in [3.63, 3.8) is 0 Å². The van der Waals surface area contributed by atoms with Crippen molar-refractivity contribution in [2.24, 2.45) is 4.99 Å². The van der Waals surface area contributed by atoms with Crippen molar-refractivity contribution in [1.29, 1.82) is 0 Å². The molecule has 0 atom stereocenters. The summed E-state index contributed by atoms with van der Waals surface area (Å²) in [5.74, 6) is 0.600. The van der Waals surface area contributed by atoms with Crippen LogP contribution < -0.4 is 10.6 Å². The number of alkyl halides is 3. The maximum atomic E-state index is 12.6. The summed E-state index contributed by atoms with van der Waals surface area (Å²) in [5.41, 5.74) is -0.850. The van der Waals surface area contributed by atoms with Gasteiger partial charge in [0.15, 0.2) is 11.7 Å². The zero-order chi connectivity index (χ0) is 19.0. The van der Waals surface area contributed by atoms with Gasteiger partial charge in [-0.25, -0.2) is 9.98 Å². The van der Waals surface area contributed by atoms with Crippen LogP contribution in [0.15, 0.2) is 10.4 Å². The van der Waals surface area contributed by atoms with E-state index in [0.29, 0.717) is 17.5 Å². The first-order valence-corrected chi connectivity index (χ1v) is 9.78. The Morgan fingerprint density at radius 1 is 1.19 bits per heavy atom. The number of aliphatic imine (C=N–C) groups is 1. The Bertz CT molecular complexity index is 567. The lowest BCUT2D eigenvalue weighted by Crippen LogP contribution is -2.49. The number of piperazine rings is 1. The molecule has 0 bridgehead atoms. The lowest BCUT2D eigenvalue weighted by atomic mass is 10.3. The largest absolute Gasteiger partial charge is 0.434 e. The molecule has 2 rings (SSSR count). The normalized spacial score (nSPS) is 17.5. The summed E-state index contributed by atoms with van der Waals surface area (Å²) >= 11 is 0.979. The minimum atomic E-state index is -4.40. The number of rotatable bonds is 7. The van der Waals surface area contributed by atoms with E-state index in [1.807, 2.05) is 6.92 Å². The second-order valence-corrected chi connectivity index (χ2v) is 6.96. The Morgan fingerprint density at radius 2 is 1.88 bits per heavy atom. The van der Waals surface area contributed by atoms with Gasteiger partial charge in [-0.3, -0.25) is 4.90 Å². The van der Waals surface area contributed by atoms with Crippen molar-refractivity contribution in [2.75, 3.05) is 52.4 Å². The summed E-state index contributed by atoms with van der Waals surface area (Å²) in [6.07, 6.45) is -4.40. The molecule has 26 heavy (non-hydrogen) atoms.